The van der Waals surface area contributed by atoms with Crippen LogP contribution in [0.25, 0.3) is 11.4 Å². The molecule has 1 N–H and O–H groups in total. The van der Waals surface area contributed by atoms with Crippen LogP contribution in [0.2, 0.25) is 0 Å². The molecule has 2 saturated heterocycles. The van der Waals surface area contributed by atoms with E-state index in [-0.39, 0.29) is 16.7 Å². The number of aromatic nitrogens is 2. The number of nitrogens with zero attached hydrogens (tertiary/aromatic N) is 4. The van der Waals surface area contributed by atoms with Gasteiger partial charge >= 0.3 is 0 Å². The summed E-state index contributed by atoms with van der Waals surface area (Å²) in [6, 6.07) is 16.2. The topological polar surface area (TPSA) is 109 Å². The monoisotopic (exact) mass is 509 g/mol. The van der Waals surface area contributed by atoms with Crippen LogP contribution in [0.1, 0.15) is 38.0 Å². The molecule has 3 heterocycles. The van der Waals surface area contributed by atoms with E-state index in [4.69, 9.17) is 4.52 Å². The molecule has 0 spiro atoms. The number of rotatable bonds is 7. The van der Waals surface area contributed by atoms with Crippen LogP contribution in [0, 0.1) is 5.92 Å². The van der Waals surface area contributed by atoms with Gasteiger partial charge in [0.05, 0.1) is 17.4 Å². The standard InChI is InChI=1S/C26H31N5O4S/c32-26(27-22-11-13-23(14-12-22)36(33,34)31-16-5-2-6-17-31)21-10-7-15-30(18-21)19-24-28-25(29-35-24)20-8-3-1-4-9-20/h1,3-4,8-9,11-14,21H,2,5-7,10,15-19H2,(H,27,32). The van der Waals surface area contributed by atoms with Gasteiger partial charge in [0.2, 0.25) is 27.6 Å². The van der Waals surface area contributed by atoms with E-state index < -0.39 is 10.0 Å². The predicted molar refractivity (Wildman–Crippen MR) is 135 cm³/mol. The first-order valence-corrected chi connectivity index (χ1v) is 13.9. The third-order valence-electron chi connectivity index (χ3n) is 6.81. The number of anilines is 1. The second kappa shape index (κ2) is 10.9. The van der Waals surface area contributed by atoms with Gasteiger partial charge in [0.1, 0.15) is 0 Å². The fourth-order valence-corrected chi connectivity index (χ4v) is 6.35. The summed E-state index contributed by atoms with van der Waals surface area (Å²) in [4.78, 5) is 19.9. The van der Waals surface area contributed by atoms with Crippen molar-refractivity contribution in [3.8, 4) is 11.4 Å². The highest BCUT2D eigenvalue weighted by Gasteiger charge is 2.28. The molecule has 0 saturated carbocycles. The molecule has 1 aromatic heterocycles. The van der Waals surface area contributed by atoms with Crippen molar-refractivity contribution in [3.05, 3.63) is 60.5 Å². The highest BCUT2D eigenvalue weighted by molar-refractivity contribution is 7.89. The number of sulfonamides is 1. The second-order valence-electron chi connectivity index (χ2n) is 9.43. The van der Waals surface area contributed by atoms with Crippen molar-refractivity contribution < 1.29 is 17.7 Å². The average molecular weight is 510 g/mol. The summed E-state index contributed by atoms with van der Waals surface area (Å²) >= 11 is 0. The lowest BCUT2D eigenvalue weighted by molar-refractivity contribution is -0.121. The van der Waals surface area contributed by atoms with Gasteiger partial charge in [0.15, 0.2) is 0 Å². The van der Waals surface area contributed by atoms with E-state index in [0.717, 1.165) is 44.2 Å². The number of hydrogen-bond acceptors (Lipinski definition) is 7. The molecule has 1 amide bonds. The van der Waals surface area contributed by atoms with Crippen molar-refractivity contribution in [2.75, 3.05) is 31.5 Å². The average Bonchev–Trinajstić information content (AvgIpc) is 3.38. The lowest BCUT2D eigenvalue weighted by Gasteiger charge is -2.30. The number of benzene rings is 2. The zero-order valence-electron chi connectivity index (χ0n) is 20.2. The van der Waals surface area contributed by atoms with E-state index in [1.54, 1.807) is 28.6 Å². The first-order chi connectivity index (χ1) is 17.5. The molecule has 2 aliphatic rings. The summed E-state index contributed by atoms with van der Waals surface area (Å²) < 4.78 is 32.7. The molecule has 190 valence electrons. The fourth-order valence-electron chi connectivity index (χ4n) is 4.84. The summed E-state index contributed by atoms with van der Waals surface area (Å²) in [6.07, 6.45) is 4.55. The molecule has 0 radical (unpaired) electrons. The number of hydrogen-bond donors (Lipinski definition) is 1. The second-order valence-corrected chi connectivity index (χ2v) is 11.4. The lowest BCUT2D eigenvalue weighted by atomic mass is 9.97. The maximum atomic E-state index is 13.0. The molecule has 5 rings (SSSR count). The Hall–Kier alpha value is -3.08. The summed E-state index contributed by atoms with van der Waals surface area (Å²) in [5.41, 5.74) is 1.50. The number of likely N-dealkylation sites (tertiary alicyclic amines) is 1. The maximum absolute atomic E-state index is 13.0. The van der Waals surface area contributed by atoms with Crippen molar-refractivity contribution in [2.24, 2.45) is 5.92 Å². The molecule has 1 unspecified atom stereocenters. The zero-order valence-corrected chi connectivity index (χ0v) is 21.0. The van der Waals surface area contributed by atoms with Crippen LogP contribution in [0.5, 0.6) is 0 Å². The van der Waals surface area contributed by atoms with Gasteiger partial charge in [-0.05, 0) is 56.5 Å². The van der Waals surface area contributed by atoms with Crippen LogP contribution in [0.15, 0.2) is 64.0 Å². The van der Waals surface area contributed by atoms with E-state index in [1.165, 1.54) is 0 Å². The van der Waals surface area contributed by atoms with Crippen LogP contribution < -0.4 is 5.32 Å². The number of amides is 1. The lowest BCUT2D eigenvalue weighted by Crippen LogP contribution is -2.40. The Balaban J connectivity index is 1.17. The molecular formula is C26H31N5O4S. The molecule has 3 aromatic rings. The summed E-state index contributed by atoms with van der Waals surface area (Å²) in [5, 5.41) is 7.03. The molecule has 2 fully saturated rings. The van der Waals surface area contributed by atoms with Crippen LogP contribution in [-0.4, -0.2) is 59.8 Å². The Bertz CT molecular complexity index is 1270. The molecule has 2 aliphatic heterocycles. The van der Waals surface area contributed by atoms with Crippen molar-refractivity contribution >= 4 is 21.6 Å². The van der Waals surface area contributed by atoms with Crippen molar-refractivity contribution in [1.29, 1.82) is 0 Å². The first-order valence-electron chi connectivity index (χ1n) is 12.5. The number of carbonyl (C=O) groups excluding carboxylic acids is 1. The van der Waals surface area contributed by atoms with E-state index in [1.807, 2.05) is 30.3 Å². The smallest absolute Gasteiger partial charge is 0.243 e. The van der Waals surface area contributed by atoms with E-state index in [2.05, 4.69) is 20.4 Å². The van der Waals surface area contributed by atoms with Crippen molar-refractivity contribution in [3.63, 3.8) is 0 Å². The Morgan fingerprint density at radius 1 is 0.972 bits per heavy atom. The van der Waals surface area contributed by atoms with Gasteiger partial charge < -0.3 is 9.84 Å². The van der Waals surface area contributed by atoms with Gasteiger partial charge in [-0.3, -0.25) is 9.69 Å². The third-order valence-corrected chi connectivity index (χ3v) is 8.72. The Kier molecular flexibility index (Phi) is 7.45. The van der Waals surface area contributed by atoms with Gasteiger partial charge in [-0.25, -0.2) is 8.42 Å². The largest absolute Gasteiger partial charge is 0.338 e. The van der Waals surface area contributed by atoms with Gasteiger partial charge in [-0.2, -0.15) is 9.29 Å². The molecule has 0 bridgehead atoms. The summed E-state index contributed by atoms with van der Waals surface area (Å²) in [7, 11) is -3.49. The molecule has 36 heavy (non-hydrogen) atoms. The number of piperidine rings is 2. The normalized spacial score (nSPS) is 19.7. The van der Waals surface area contributed by atoms with Crippen molar-refractivity contribution in [2.45, 2.75) is 43.5 Å². The van der Waals surface area contributed by atoms with E-state index >= 15 is 0 Å². The minimum absolute atomic E-state index is 0.0677. The highest BCUT2D eigenvalue weighted by atomic mass is 32.2. The molecule has 1 atom stereocenters. The molecular weight excluding hydrogens is 478 g/mol. The Morgan fingerprint density at radius 2 is 1.72 bits per heavy atom. The molecule has 0 aliphatic carbocycles. The van der Waals surface area contributed by atoms with Gasteiger partial charge in [0, 0.05) is 30.9 Å². The van der Waals surface area contributed by atoms with E-state index in [9.17, 15) is 13.2 Å². The summed E-state index contributed by atoms with van der Waals surface area (Å²) in [6.45, 7) is 3.07. The van der Waals surface area contributed by atoms with E-state index in [0.29, 0.717) is 43.6 Å². The quantitative estimate of drug-likeness (QED) is 0.517. The maximum Gasteiger partial charge on any atom is 0.243 e. The first kappa shape index (κ1) is 24.6. The van der Waals surface area contributed by atoms with Gasteiger partial charge in [-0.15, -0.1) is 0 Å². The van der Waals surface area contributed by atoms with Gasteiger partial charge in [-0.1, -0.05) is 41.9 Å². The van der Waals surface area contributed by atoms with Crippen molar-refractivity contribution in [1.82, 2.24) is 19.3 Å². The van der Waals surface area contributed by atoms with Crippen LogP contribution in [-0.2, 0) is 21.4 Å². The van der Waals surface area contributed by atoms with Crippen LogP contribution in [0.4, 0.5) is 5.69 Å². The minimum Gasteiger partial charge on any atom is -0.338 e. The van der Waals surface area contributed by atoms with Gasteiger partial charge in [0.25, 0.3) is 0 Å². The minimum atomic E-state index is -3.49. The highest BCUT2D eigenvalue weighted by Crippen LogP contribution is 2.24. The molecule has 9 nitrogen and oxygen atoms in total. The van der Waals surface area contributed by atoms with Crippen LogP contribution in [0.3, 0.4) is 0 Å². The Labute approximate surface area is 211 Å². The summed E-state index contributed by atoms with van der Waals surface area (Å²) in [5.74, 6) is 0.844. The third kappa shape index (κ3) is 5.66. The van der Waals surface area contributed by atoms with Crippen LogP contribution >= 0.6 is 0 Å². The number of carbonyl (C=O) groups is 1. The SMILES string of the molecule is O=C(Nc1ccc(S(=O)(=O)N2CCCCC2)cc1)C1CCCN(Cc2nc(-c3ccccc3)no2)C1. The number of nitrogens with one attached hydrogen (secondary N) is 1. The zero-order chi connectivity index (χ0) is 25.0. The Morgan fingerprint density at radius 3 is 2.47 bits per heavy atom. The molecule has 2 aromatic carbocycles. The molecule has 10 heteroatoms. The fraction of sp³-hybridized carbons (Fsp3) is 0.423. The predicted octanol–water partition coefficient (Wildman–Crippen LogP) is 3.76.